The van der Waals surface area contributed by atoms with Gasteiger partial charge >= 0.3 is 0 Å². The standard InChI is InChI=1S/C11H13NO3S/c1-3-7-16(14,15)11-6-4-5-10(8-11)12-9(2)13/h3-6,8H,1,7H2,2H3,(H,12,13). The van der Waals surface area contributed by atoms with Crippen molar-refractivity contribution in [2.24, 2.45) is 0 Å². The van der Waals surface area contributed by atoms with Gasteiger partial charge < -0.3 is 5.32 Å². The van der Waals surface area contributed by atoms with Crippen LogP contribution in [-0.2, 0) is 14.6 Å². The highest BCUT2D eigenvalue weighted by Crippen LogP contribution is 2.16. The van der Waals surface area contributed by atoms with Crippen molar-refractivity contribution in [3.05, 3.63) is 36.9 Å². The second-order valence-electron chi connectivity index (χ2n) is 3.28. The summed E-state index contributed by atoms with van der Waals surface area (Å²) in [6.07, 6.45) is 1.33. The number of sulfone groups is 1. The quantitative estimate of drug-likeness (QED) is 0.812. The van der Waals surface area contributed by atoms with Crippen molar-refractivity contribution >= 4 is 21.4 Å². The fourth-order valence-electron chi connectivity index (χ4n) is 1.22. The third-order valence-electron chi connectivity index (χ3n) is 1.85. The summed E-state index contributed by atoms with van der Waals surface area (Å²) in [7, 11) is -3.34. The Morgan fingerprint density at radius 3 is 2.75 bits per heavy atom. The van der Waals surface area contributed by atoms with Gasteiger partial charge in [0.05, 0.1) is 10.6 Å². The number of hydrogen-bond acceptors (Lipinski definition) is 3. The Morgan fingerprint density at radius 2 is 2.19 bits per heavy atom. The zero-order chi connectivity index (χ0) is 12.2. The van der Waals surface area contributed by atoms with Crippen LogP contribution in [-0.4, -0.2) is 20.1 Å². The summed E-state index contributed by atoms with van der Waals surface area (Å²) in [4.78, 5) is 11.0. The zero-order valence-electron chi connectivity index (χ0n) is 8.93. The molecule has 0 aromatic heterocycles. The summed E-state index contributed by atoms with van der Waals surface area (Å²) in [5.41, 5.74) is 0.470. The molecule has 0 heterocycles. The molecule has 0 spiro atoms. The molecule has 1 aromatic carbocycles. The number of rotatable bonds is 4. The molecule has 1 rings (SSSR count). The van der Waals surface area contributed by atoms with Crippen LogP contribution in [0.5, 0.6) is 0 Å². The van der Waals surface area contributed by atoms with Crippen LogP contribution in [0.3, 0.4) is 0 Å². The molecule has 0 saturated heterocycles. The minimum Gasteiger partial charge on any atom is -0.326 e. The van der Waals surface area contributed by atoms with E-state index in [1.807, 2.05) is 0 Å². The highest BCUT2D eigenvalue weighted by Gasteiger charge is 2.12. The number of carbonyl (C=O) groups excluding carboxylic acids is 1. The predicted octanol–water partition coefficient (Wildman–Crippen LogP) is 1.60. The average molecular weight is 239 g/mol. The van der Waals surface area contributed by atoms with Gasteiger partial charge in [-0.2, -0.15) is 0 Å². The van der Waals surface area contributed by atoms with Crippen molar-refractivity contribution in [2.75, 3.05) is 11.1 Å². The lowest BCUT2D eigenvalue weighted by Gasteiger charge is -2.05. The van der Waals surface area contributed by atoms with Gasteiger partial charge in [0.15, 0.2) is 9.84 Å². The highest BCUT2D eigenvalue weighted by atomic mass is 32.2. The van der Waals surface area contributed by atoms with Gasteiger partial charge in [-0.05, 0) is 18.2 Å². The number of hydrogen-bond donors (Lipinski definition) is 1. The first-order chi connectivity index (χ1) is 7.45. The SMILES string of the molecule is C=CCS(=O)(=O)c1cccc(NC(C)=O)c1. The molecule has 0 aliphatic heterocycles. The van der Waals surface area contributed by atoms with Crippen molar-refractivity contribution < 1.29 is 13.2 Å². The lowest BCUT2D eigenvalue weighted by Crippen LogP contribution is -2.08. The molecule has 16 heavy (non-hydrogen) atoms. The number of anilines is 1. The first kappa shape index (κ1) is 12.4. The Hall–Kier alpha value is -1.62. The lowest BCUT2D eigenvalue weighted by molar-refractivity contribution is -0.114. The molecule has 1 aromatic rings. The fourth-order valence-corrected chi connectivity index (χ4v) is 2.32. The van der Waals surface area contributed by atoms with E-state index in [1.54, 1.807) is 12.1 Å². The number of nitrogens with one attached hydrogen (secondary N) is 1. The van der Waals surface area contributed by atoms with Gasteiger partial charge in [0.25, 0.3) is 0 Å². The Bertz CT molecular complexity index is 506. The van der Waals surface area contributed by atoms with Crippen LogP contribution < -0.4 is 5.32 Å². The molecule has 0 aliphatic carbocycles. The zero-order valence-corrected chi connectivity index (χ0v) is 9.75. The highest BCUT2D eigenvalue weighted by molar-refractivity contribution is 7.91. The van der Waals surface area contributed by atoms with E-state index in [4.69, 9.17) is 0 Å². The van der Waals surface area contributed by atoms with E-state index in [0.717, 1.165) is 0 Å². The lowest BCUT2D eigenvalue weighted by atomic mass is 10.3. The van der Waals surface area contributed by atoms with E-state index >= 15 is 0 Å². The Balaban J connectivity index is 3.07. The molecule has 1 amide bonds. The molecule has 0 fully saturated rings. The van der Waals surface area contributed by atoms with Gasteiger partial charge in [0.1, 0.15) is 0 Å². The molecule has 0 aliphatic rings. The van der Waals surface area contributed by atoms with Crippen LogP contribution in [0.2, 0.25) is 0 Å². The van der Waals surface area contributed by atoms with Crippen molar-refractivity contribution in [3.63, 3.8) is 0 Å². The Morgan fingerprint density at radius 1 is 1.50 bits per heavy atom. The van der Waals surface area contributed by atoms with Crippen molar-refractivity contribution in [1.29, 1.82) is 0 Å². The van der Waals surface area contributed by atoms with Gasteiger partial charge in [-0.25, -0.2) is 8.42 Å². The second-order valence-corrected chi connectivity index (χ2v) is 5.31. The molecular formula is C11H13NO3S. The summed E-state index contributed by atoms with van der Waals surface area (Å²) in [5.74, 6) is -0.352. The molecule has 5 heteroatoms. The van der Waals surface area contributed by atoms with Gasteiger partial charge in [-0.15, -0.1) is 6.58 Å². The van der Waals surface area contributed by atoms with E-state index in [2.05, 4.69) is 11.9 Å². The van der Waals surface area contributed by atoms with Crippen LogP contribution in [0, 0.1) is 0 Å². The molecule has 4 nitrogen and oxygen atoms in total. The minimum absolute atomic E-state index is 0.115. The van der Waals surface area contributed by atoms with E-state index in [1.165, 1.54) is 25.1 Å². The molecule has 0 radical (unpaired) electrons. The first-order valence-corrected chi connectivity index (χ1v) is 6.32. The predicted molar refractivity (Wildman–Crippen MR) is 63.0 cm³/mol. The van der Waals surface area contributed by atoms with E-state index in [-0.39, 0.29) is 16.6 Å². The smallest absolute Gasteiger partial charge is 0.221 e. The Kier molecular flexibility index (Phi) is 3.84. The van der Waals surface area contributed by atoms with Crippen molar-refractivity contribution in [3.8, 4) is 0 Å². The van der Waals surface area contributed by atoms with E-state index in [9.17, 15) is 13.2 Å². The minimum atomic E-state index is -3.34. The maximum absolute atomic E-state index is 11.7. The summed E-state index contributed by atoms with van der Waals surface area (Å²) in [5, 5.41) is 2.53. The Labute approximate surface area is 94.9 Å². The summed E-state index contributed by atoms with van der Waals surface area (Å²) in [6.45, 7) is 4.76. The monoisotopic (exact) mass is 239 g/mol. The first-order valence-electron chi connectivity index (χ1n) is 4.67. The topological polar surface area (TPSA) is 63.2 Å². The second kappa shape index (κ2) is 4.94. The molecule has 0 atom stereocenters. The van der Waals surface area contributed by atoms with Crippen LogP contribution in [0.4, 0.5) is 5.69 Å². The summed E-state index contributed by atoms with van der Waals surface area (Å²) < 4.78 is 23.4. The molecular weight excluding hydrogens is 226 g/mol. The van der Waals surface area contributed by atoms with Crippen LogP contribution in [0.1, 0.15) is 6.92 Å². The van der Waals surface area contributed by atoms with Gasteiger partial charge in [-0.3, -0.25) is 4.79 Å². The normalized spacial score (nSPS) is 10.8. The third-order valence-corrected chi connectivity index (χ3v) is 3.50. The molecule has 86 valence electrons. The number of carbonyl (C=O) groups is 1. The molecule has 0 unspecified atom stereocenters. The average Bonchev–Trinajstić information content (AvgIpc) is 2.17. The maximum atomic E-state index is 11.7. The fraction of sp³-hybridized carbons (Fsp3) is 0.182. The van der Waals surface area contributed by atoms with Gasteiger partial charge in [-0.1, -0.05) is 12.1 Å². The van der Waals surface area contributed by atoms with Crippen molar-refractivity contribution in [1.82, 2.24) is 0 Å². The summed E-state index contributed by atoms with van der Waals surface area (Å²) in [6, 6.07) is 6.14. The van der Waals surface area contributed by atoms with Crippen molar-refractivity contribution in [2.45, 2.75) is 11.8 Å². The van der Waals surface area contributed by atoms with Gasteiger partial charge in [0, 0.05) is 12.6 Å². The van der Waals surface area contributed by atoms with Gasteiger partial charge in [0.2, 0.25) is 5.91 Å². The largest absolute Gasteiger partial charge is 0.326 e. The molecule has 0 saturated carbocycles. The molecule has 1 N–H and O–H groups in total. The van der Waals surface area contributed by atoms with E-state index < -0.39 is 9.84 Å². The molecule has 0 bridgehead atoms. The maximum Gasteiger partial charge on any atom is 0.221 e. The number of amides is 1. The van der Waals surface area contributed by atoms with Crippen LogP contribution in [0.15, 0.2) is 41.8 Å². The summed E-state index contributed by atoms with van der Waals surface area (Å²) >= 11 is 0. The van der Waals surface area contributed by atoms with Crippen LogP contribution in [0.25, 0.3) is 0 Å². The van der Waals surface area contributed by atoms with E-state index in [0.29, 0.717) is 5.69 Å². The van der Waals surface area contributed by atoms with Crippen LogP contribution >= 0.6 is 0 Å². The third kappa shape index (κ3) is 3.20. The number of benzene rings is 1.